The van der Waals surface area contributed by atoms with Gasteiger partial charge in [0.05, 0.1) is 35.8 Å². The van der Waals surface area contributed by atoms with E-state index in [0.29, 0.717) is 40.0 Å². The Balaban J connectivity index is 1.24. The second kappa shape index (κ2) is 13.7. The topological polar surface area (TPSA) is 76.1 Å². The minimum absolute atomic E-state index is 0.411. The monoisotopic (exact) mass is 701 g/mol. The fourth-order valence-electron chi connectivity index (χ4n) is 7.05. The zero-order chi connectivity index (χ0) is 37.3. The van der Waals surface area contributed by atoms with Crippen molar-refractivity contribution in [1.29, 1.82) is 5.26 Å². The van der Waals surface area contributed by atoms with E-state index in [9.17, 15) is 5.26 Å². The maximum absolute atomic E-state index is 9.59. The van der Waals surface area contributed by atoms with E-state index in [4.69, 9.17) is 28.1 Å². The molecule has 7 heteroatoms. The average Bonchev–Trinajstić information content (AvgIpc) is 3.59. The molecule has 0 radical (unpaired) electrons. The van der Waals surface area contributed by atoms with Crippen LogP contribution in [-0.4, -0.2) is 19.5 Å². The van der Waals surface area contributed by atoms with Crippen LogP contribution in [0.1, 0.15) is 5.56 Å². The van der Waals surface area contributed by atoms with Crippen LogP contribution in [0, 0.1) is 24.5 Å². The second-order valence-electron chi connectivity index (χ2n) is 13.0. The third kappa shape index (κ3) is 6.03. The third-order valence-electron chi connectivity index (χ3n) is 9.70. The van der Waals surface area contributed by atoms with E-state index in [1.165, 1.54) is 0 Å². The predicted octanol–water partition coefficient (Wildman–Crippen LogP) is 12.3. The first kappa shape index (κ1) is 32.7. The summed E-state index contributed by atoms with van der Waals surface area (Å²) in [6.45, 7) is 15.9. The summed E-state index contributed by atoms with van der Waals surface area (Å²) in [6.07, 6.45) is 0. The number of aromatic nitrogens is 4. The summed E-state index contributed by atoms with van der Waals surface area (Å²) in [5.41, 5.74) is 10.5. The SMILES string of the molecule is [C-]#[N+]c1cccc(-c2ccc3c(c2)c2cc(-c4cccc(C#N)c4)ccc2n3-c2ccc(-c3nc(-c4ccccc4)nc(-c4ccccc4)n3)c([N+]#[C-])c2)c1. The molecule has 0 amide bonds. The Morgan fingerprint density at radius 3 is 1.60 bits per heavy atom. The number of fused-ring (bicyclic) bond motifs is 3. The first-order valence-corrected chi connectivity index (χ1v) is 17.6. The summed E-state index contributed by atoms with van der Waals surface area (Å²) in [7, 11) is 0. The van der Waals surface area contributed by atoms with Crippen LogP contribution in [0.3, 0.4) is 0 Å². The number of nitrogens with zero attached hydrogens (tertiary/aromatic N) is 7. The van der Waals surface area contributed by atoms with Gasteiger partial charge in [-0.1, -0.05) is 109 Å². The molecule has 0 unspecified atom stereocenters. The molecule has 0 N–H and O–H groups in total. The molecule has 9 rings (SSSR count). The summed E-state index contributed by atoms with van der Waals surface area (Å²) in [6, 6.07) is 55.6. The van der Waals surface area contributed by atoms with Gasteiger partial charge >= 0.3 is 0 Å². The lowest BCUT2D eigenvalue weighted by Crippen LogP contribution is -2.01. The standard InChI is InChI=1S/C48H27N7/c1-50-38-18-10-17-35(26-38)37-20-24-45-42(28-37)41-27-36(34-16-9-11-31(25-34)30-49)19-23-44(41)55(45)39-21-22-40(43(29-39)51-2)48-53-46(32-12-5-3-6-13-32)52-47(54-48)33-14-7-4-8-15-33/h3-29H. The van der Waals surface area contributed by atoms with Crippen LogP contribution < -0.4 is 0 Å². The van der Waals surface area contributed by atoms with Crippen LogP contribution in [0.5, 0.6) is 0 Å². The lowest BCUT2D eigenvalue weighted by atomic mass is 9.99. The van der Waals surface area contributed by atoms with Gasteiger partial charge in [-0.05, 0) is 76.9 Å². The lowest BCUT2D eigenvalue weighted by Gasteiger charge is -2.13. The van der Waals surface area contributed by atoms with Gasteiger partial charge in [-0.3, -0.25) is 0 Å². The van der Waals surface area contributed by atoms with Crippen molar-refractivity contribution in [3.05, 3.63) is 192 Å². The van der Waals surface area contributed by atoms with Crippen molar-refractivity contribution in [3.63, 3.8) is 0 Å². The second-order valence-corrected chi connectivity index (χ2v) is 13.0. The Morgan fingerprint density at radius 1 is 0.473 bits per heavy atom. The van der Waals surface area contributed by atoms with Gasteiger partial charge in [0.15, 0.2) is 28.8 Å². The zero-order valence-corrected chi connectivity index (χ0v) is 29.2. The fraction of sp³-hybridized carbons (Fsp3) is 0. The number of benzene rings is 7. The highest BCUT2D eigenvalue weighted by atomic mass is 15.0. The molecular formula is C48H27N7. The Kier molecular flexibility index (Phi) is 8.18. The molecule has 0 saturated carbocycles. The minimum atomic E-state index is 0.411. The summed E-state index contributed by atoms with van der Waals surface area (Å²) < 4.78 is 2.18. The van der Waals surface area contributed by atoms with Gasteiger partial charge in [-0.25, -0.2) is 24.6 Å². The zero-order valence-electron chi connectivity index (χ0n) is 29.2. The molecule has 0 bridgehead atoms. The molecule has 9 aromatic rings. The van der Waals surface area contributed by atoms with Crippen LogP contribution in [0.4, 0.5) is 11.4 Å². The highest BCUT2D eigenvalue weighted by Crippen LogP contribution is 2.40. The minimum Gasteiger partial charge on any atom is -0.311 e. The van der Waals surface area contributed by atoms with Gasteiger partial charge in [0.2, 0.25) is 0 Å². The Labute approximate surface area is 317 Å². The van der Waals surface area contributed by atoms with Crippen molar-refractivity contribution in [1.82, 2.24) is 19.5 Å². The Bertz CT molecular complexity index is 2900. The molecule has 0 saturated heterocycles. The first-order valence-electron chi connectivity index (χ1n) is 17.6. The van der Waals surface area contributed by atoms with Gasteiger partial charge in [0.1, 0.15) is 0 Å². The van der Waals surface area contributed by atoms with E-state index in [-0.39, 0.29) is 0 Å². The molecule has 2 heterocycles. The smallest absolute Gasteiger partial charge is 0.200 e. The summed E-state index contributed by atoms with van der Waals surface area (Å²) >= 11 is 0. The van der Waals surface area contributed by atoms with Crippen LogP contribution in [-0.2, 0) is 0 Å². The highest BCUT2D eigenvalue weighted by Gasteiger charge is 2.19. The summed E-state index contributed by atoms with van der Waals surface area (Å²) in [5, 5.41) is 11.6. The van der Waals surface area contributed by atoms with Gasteiger partial charge in [-0.2, -0.15) is 5.26 Å². The van der Waals surface area contributed by atoms with Crippen LogP contribution in [0.25, 0.3) is 93.6 Å². The van der Waals surface area contributed by atoms with E-state index >= 15 is 0 Å². The molecule has 7 nitrogen and oxygen atoms in total. The van der Waals surface area contributed by atoms with Crippen molar-refractivity contribution in [3.8, 4) is 68.2 Å². The van der Waals surface area contributed by atoms with Gasteiger partial charge in [0, 0.05) is 33.2 Å². The van der Waals surface area contributed by atoms with E-state index in [1.54, 1.807) is 6.07 Å². The van der Waals surface area contributed by atoms with Crippen LogP contribution in [0.2, 0.25) is 0 Å². The number of hydrogen-bond donors (Lipinski definition) is 0. The molecule has 55 heavy (non-hydrogen) atoms. The predicted molar refractivity (Wildman–Crippen MR) is 219 cm³/mol. The molecule has 0 atom stereocenters. The quantitative estimate of drug-likeness (QED) is 0.162. The van der Waals surface area contributed by atoms with E-state index in [0.717, 1.165) is 60.9 Å². The molecular weight excluding hydrogens is 675 g/mol. The van der Waals surface area contributed by atoms with Gasteiger partial charge in [-0.15, -0.1) is 0 Å². The van der Waals surface area contributed by atoms with Gasteiger partial charge in [0.25, 0.3) is 0 Å². The summed E-state index contributed by atoms with van der Waals surface area (Å²) in [5.74, 6) is 1.48. The van der Waals surface area contributed by atoms with E-state index < -0.39 is 0 Å². The van der Waals surface area contributed by atoms with Crippen molar-refractivity contribution in [2.75, 3.05) is 0 Å². The Morgan fingerprint density at radius 2 is 1.02 bits per heavy atom. The Hall–Kier alpha value is -8.18. The third-order valence-corrected chi connectivity index (χ3v) is 9.70. The van der Waals surface area contributed by atoms with Gasteiger partial charge < -0.3 is 4.57 Å². The molecule has 0 spiro atoms. The fourth-order valence-corrected chi connectivity index (χ4v) is 7.05. The maximum Gasteiger partial charge on any atom is 0.200 e. The maximum atomic E-state index is 9.59. The van der Waals surface area contributed by atoms with E-state index in [2.05, 4.69) is 56.7 Å². The molecule has 0 aliphatic carbocycles. The largest absolute Gasteiger partial charge is 0.311 e. The van der Waals surface area contributed by atoms with E-state index in [1.807, 2.05) is 121 Å². The molecule has 0 fully saturated rings. The van der Waals surface area contributed by atoms with Crippen molar-refractivity contribution >= 4 is 33.2 Å². The normalized spacial score (nSPS) is 10.9. The lowest BCUT2D eigenvalue weighted by molar-refractivity contribution is 1.07. The molecule has 7 aromatic carbocycles. The van der Waals surface area contributed by atoms with Crippen molar-refractivity contribution in [2.24, 2.45) is 0 Å². The number of nitriles is 1. The number of rotatable bonds is 6. The highest BCUT2D eigenvalue weighted by molar-refractivity contribution is 6.11. The summed E-state index contributed by atoms with van der Waals surface area (Å²) in [4.78, 5) is 22.3. The number of hydrogen-bond acceptors (Lipinski definition) is 4. The van der Waals surface area contributed by atoms with Crippen molar-refractivity contribution < 1.29 is 0 Å². The van der Waals surface area contributed by atoms with Crippen LogP contribution >= 0.6 is 0 Å². The first-order chi connectivity index (χ1) is 27.1. The molecule has 254 valence electrons. The molecule has 2 aromatic heterocycles. The molecule has 0 aliphatic rings. The molecule has 0 aliphatic heterocycles. The van der Waals surface area contributed by atoms with Crippen LogP contribution in [0.15, 0.2) is 164 Å². The van der Waals surface area contributed by atoms with Crippen molar-refractivity contribution in [2.45, 2.75) is 0 Å². The average molecular weight is 702 g/mol.